The van der Waals surface area contributed by atoms with Gasteiger partial charge in [-0.15, -0.1) is 0 Å². The van der Waals surface area contributed by atoms with E-state index in [-0.39, 0.29) is 30.5 Å². The van der Waals surface area contributed by atoms with Crippen LogP contribution in [0.4, 0.5) is 35.1 Å². The van der Waals surface area contributed by atoms with Gasteiger partial charge in [0, 0.05) is 12.3 Å². The molecule has 178 valence electrons. The Bertz CT molecular complexity index is 516. The van der Waals surface area contributed by atoms with Crippen LogP contribution >= 0.6 is 0 Å². The van der Waals surface area contributed by atoms with Crippen LogP contribution in [0.5, 0.6) is 0 Å². The SMILES string of the molecule is CC(=O)C1CC(CCCCCCCCC(F)(F)C(F)(F)F)CC(OCC(F)(F)F)C1. The van der Waals surface area contributed by atoms with Crippen LogP contribution in [0.3, 0.4) is 0 Å². The minimum absolute atomic E-state index is 0.0593. The lowest BCUT2D eigenvalue weighted by Gasteiger charge is -2.34. The summed E-state index contributed by atoms with van der Waals surface area (Å²) in [5.74, 6) is -4.93. The van der Waals surface area contributed by atoms with Crippen LogP contribution in [-0.2, 0) is 9.53 Å². The quantitative estimate of drug-likeness (QED) is 0.229. The fraction of sp³-hybridized carbons (Fsp3) is 0.950. The largest absolute Gasteiger partial charge is 0.453 e. The smallest absolute Gasteiger partial charge is 0.369 e. The van der Waals surface area contributed by atoms with Gasteiger partial charge in [0.1, 0.15) is 12.4 Å². The number of Topliss-reactive ketones (excluding diaryl/α,β-unsaturated/α-hetero) is 1. The Labute approximate surface area is 171 Å². The van der Waals surface area contributed by atoms with E-state index < -0.39 is 37.4 Å². The standard InChI is InChI=1S/C20H30F8O2/c1-14(29)16-10-15(11-17(12-16)30-13-19(23,24)25)8-6-4-2-3-5-7-9-18(21,22)20(26,27)28/h15-17H,2-13H2,1H3. The third kappa shape index (κ3) is 10.4. The molecule has 3 atom stereocenters. The second kappa shape index (κ2) is 11.6. The average Bonchev–Trinajstić information content (AvgIpc) is 2.60. The van der Waals surface area contributed by atoms with Crippen LogP contribution in [0.2, 0.25) is 0 Å². The highest BCUT2D eigenvalue weighted by molar-refractivity contribution is 5.78. The molecule has 0 bridgehead atoms. The van der Waals surface area contributed by atoms with E-state index in [4.69, 9.17) is 4.74 Å². The van der Waals surface area contributed by atoms with Gasteiger partial charge in [-0.05, 0) is 38.5 Å². The van der Waals surface area contributed by atoms with Crippen molar-refractivity contribution < 1.29 is 44.7 Å². The molecule has 0 aromatic heterocycles. The molecule has 0 spiro atoms. The highest BCUT2D eigenvalue weighted by Crippen LogP contribution is 2.39. The first kappa shape index (κ1) is 27.1. The number of hydrogen-bond acceptors (Lipinski definition) is 2. The zero-order chi connectivity index (χ0) is 23.0. The number of rotatable bonds is 12. The molecule has 0 radical (unpaired) electrons. The molecule has 2 nitrogen and oxygen atoms in total. The number of alkyl halides is 8. The van der Waals surface area contributed by atoms with Gasteiger partial charge in [-0.25, -0.2) is 0 Å². The topological polar surface area (TPSA) is 26.3 Å². The van der Waals surface area contributed by atoms with Gasteiger partial charge in [0.15, 0.2) is 0 Å². The zero-order valence-corrected chi connectivity index (χ0v) is 17.1. The molecular formula is C20H30F8O2. The van der Waals surface area contributed by atoms with Gasteiger partial charge < -0.3 is 4.74 Å². The van der Waals surface area contributed by atoms with E-state index >= 15 is 0 Å². The minimum atomic E-state index is -5.51. The minimum Gasteiger partial charge on any atom is -0.369 e. The molecule has 1 aliphatic carbocycles. The molecule has 10 heteroatoms. The van der Waals surface area contributed by atoms with Crippen LogP contribution < -0.4 is 0 Å². The molecule has 30 heavy (non-hydrogen) atoms. The zero-order valence-electron chi connectivity index (χ0n) is 17.1. The van der Waals surface area contributed by atoms with Gasteiger partial charge in [-0.1, -0.05) is 38.5 Å². The van der Waals surface area contributed by atoms with E-state index in [0.717, 1.165) is 19.3 Å². The van der Waals surface area contributed by atoms with Gasteiger partial charge in [0.25, 0.3) is 0 Å². The number of hydrogen-bond donors (Lipinski definition) is 0. The number of carbonyl (C=O) groups excluding carboxylic acids is 1. The Hall–Kier alpha value is -0.930. The maximum atomic E-state index is 12.8. The monoisotopic (exact) mass is 454 g/mol. The maximum absolute atomic E-state index is 12.8. The van der Waals surface area contributed by atoms with Crippen LogP contribution in [0.1, 0.15) is 77.6 Å². The normalized spacial score (nSPS) is 23.6. The number of ether oxygens (including phenoxy) is 1. The van der Waals surface area contributed by atoms with Gasteiger partial charge in [-0.3, -0.25) is 4.79 Å². The molecule has 1 fully saturated rings. The molecule has 1 saturated carbocycles. The average molecular weight is 454 g/mol. The molecule has 0 aromatic carbocycles. The van der Waals surface area contributed by atoms with Crippen molar-refractivity contribution in [2.75, 3.05) is 6.61 Å². The van der Waals surface area contributed by atoms with Gasteiger partial charge in [0.2, 0.25) is 0 Å². The first-order valence-corrected chi connectivity index (χ1v) is 10.3. The van der Waals surface area contributed by atoms with Gasteiger partial charge in [0.05, 0.1) is 6.10 Å². The van der Waals surface area contributed by atoms with Gasteiger partial charge in [-0.2, -0.15) is 35.1 Å². The number of ketones is 1. The van der Waals surface area contributed by atoms with Crippen molar-refractivity contribution in [3.8, 4) is 0 Å². The van der Waals surface area contributed by atoms with Crippen molar-refractivity contribution in [1.82, 2.24) is 0 Å². The molecule has 0 N–H and O–H groups in total. The fourth-order valence-corrected chi connectivity index (χ4v) is 3.93. The number of unbranched alkanes of at least 4 members (excludes halogenated alkanes) is 5. The highest BCUT2D eigenvalue weighted by atomic mass is 19.4. The molecule has 0 amide bonds. The Morgan fingerprint density at radius 1 is 0.833 bits per heavy atom. The molecule has 1 aliphatic rings. The Morgan fingerprint density at radius 3 is 1.93 bits per heavy atom. The molecule has 0 aliphatic heterocycles. The van der Waals surface area contributed by atoms with Crippen molar-refractivity contribution in [2.45, 2.75) is 102 Å². The van der Waals surface area contributed by atoms with Crippen LogP contribution in [0.15, 0.2) is 0 Å². The molecular weight excluding hydrogens is 424 g/mol. The summed E-state index contributed by atoms with van der Waals surface area (Å²) in [5.41, 5.74) is 0. The number of carbonyl (C=O) groups is 1. The Balaban J connectivity index is 2.25. The predicted octanol–water partition coefficient (Wildman–Crippen LogP) is 7.26. The van der Waals surface area contributed by atoms with Crippen molar-refractivity contribution in [2.24, 2.45) is 11.8 Å². The van der Waals surface area contributed by atoms with E-state index in [1.165, 1.54) is 6.92 Å². The van der Waals surface area contributed by atoms with E-state index in [9.17, 15) is 39.9 Å². The summed E-state index contributed by atoms with van der Waals surface area (Å²) < 4.78 is 104. The Morgan fingerprint density at radius 2 is 1.40 bits per heavy atom. The third-order valence-corrected chi connectivity index (χ3v) is 5.59. The van der Waals surface area contributed by atoms with E-state index in [1.807, 2.05) is 0 Å². The predicted molar refractivity (Wildman–Crippen MR) is 95.2 cm³/mol. The summed E-state index contributed by atoms with van der Waals surface area (Å²) in [5, 5.41) is 0. The lowest BCUT2D eigenvalue weighted by atomic mass is 9.76. The molecule has 1 rings (SSSR count). The van der Waals surface area contributed by atoms with Crippen molar-refractivity contribution in [3.05, 3.63) is 0 Å². The summed E-state index contributed by atoms with van der Waals surface area (Å²) in [7, 11) is 0. The second-order valence-corrected chi connectivity index (χ2v) is 8.29. The maximum Gasteiger partial charge on any atom is 0.453 e. The fourth-order valence-electron chi connectivity index (χ4n) is 3.93. The van der Waals surface area contributed by atoms with E-state index in [1.54, 1.807) is 0 Å². The van der Waals surface area contributed by atoms with E-state index in [0.29, 0.717) is 32.1 Å². The summed E-state index contributed by atoms with van der Waals surface area (Å²) in [4.78, 5) is 11.7. The first-order chi connectivity index (χ1) is 13.7. The third-order valence-electron chi connectivity index (χ3n) is 5.59. The van der Waals surface area contributed by atoms with Crippen molar-refractivity contribution in [1.29, 1.82) is 0 Å². The summed E-state index contributed by atoms with van der Waals surface area (Å²) in [6.07, 6.45) is -6.78. The summed E-state index contributed by atoms with van der Waals surface area (Å²) in [6, 6.07) is 0. The van der Waals surface area contributed by atoms with Crippen LogP contribution in [0, 0.1) is 11.8 Å². The number of halogens is 8. The molecule has 3 unspecified atom stereocenters. The van der Waals surface area contributed by atoms with Crippen molar-refractivity contribution in [3.63, 3.8) is 0 Å². The lowest BCUT2D eigenvalue weighted by Crippen LogP contribution is -2.36. The highest BCUT2D eigenvalue weighted by Gasteiger charge is 2.56. The molecule has 0 heterocycles. The van der Waals surface area contributed by atoms with Gasteiger partial charge >= 0.3 is 18.3 Å². The lowest BCUT2D eigenvalue weighted by molar-refractivity contribution is -0.284. The van der Waals surface area contributed by atoms with Crippen LogP contribution in [-0.4, -0.2) is 36.8 Å². The summed E-state index contributed by atoms with van der Waals surface area (Å²) >= 11 is 0. The van der Waals surface area contributed by atoms with Crippen molar-refractivity contribution >= 4 is 5.78 Å². The van der Waals surface area contributed by atoms with Crippen LogP contribution in [0.25, 0.3) is 0 Å². The molecule has 0 aromatic rings. The Kier molecular flexibility index (Phi) is 10.5. The second-order valence-electron chi connectivity index (χ2n) is 8.29. The molecule has 0 saturated heterocycles. The first-order valence-electron chi connectivity index (χ1n) is 10.3. The summed E-state index contributed by atoms with van der Waals surface area (Å²) in [6.45, 7) is 0.0958. The van der Waals surface area contributed by atoms with E-state index in [2.05, 4.69) is 0 Å².